The van der Waals surface area contributed by atoms with Gasteiger partial charge in [-0.15, -0.1) is 0 Å². The molecule has 1 saturated heterocycles. The topological polar surface area (TPSA) is 120 Å². The van der Waals surface area contributed by atoms with Crippen molar-refractivity contribution in [2.45, 2.75) is 84.8 Å². The minimum absolute atomic E-state index is 0.131. The van der Waals surface area contributed by atoms with Crippen molar-refractivity contribution in [3.05, 3.63) is 0 Å². The standard InChI is InChI=1S/C23H40N2O7/c1-15(2)14-17-16(20(27)32-23(3,4)5)10-9-13-31-22(29)24-12-8-7-11-18(21(28)30-6)25-19(17)26/h15-18H,7-14H2,1-6H3,(H,24,29)(H,25,26)/t16-,17+,18-/m0/s1. The van der Waals surface area contributed by atoms with Gasteiger partial charge in [-0.05, 0) is 65.2 Å². The van der Waals surface area contributed by atoms with Crippen molar-refractivity contribution in [1.82, 2.24) is 10.6 Å². The van der Waals surface area contributed by atoms with E-state index in [-0.39, 0.29) is 18.4 Å². The van der Waals surface area contributed by atoms with Gasteiger partial charge in [-0.1, -0.05) is 13.8 Å². The zero-order valence-electron chi connectivity index (χ0n) is 20.3. The zero-order valence-corrected chi connectivity index (χ0v) is 20.3. The maximum absolute atomic E-state index is 13.3. The van der Waals surface area contributed by atoms with Crippen LogP contribution < -0.4 is 10.6 Å². The van der Waals surface area contributed by atoms with Crippen molar-refractivity contribution in [2.24, 2.45) is 17.8 Å². The largest absolute Gasteiger partial charge is 0.467 e. The second-order valence-electron chi connectivity index (χ2n) is 9.66. The lowest BCUT2D eigenvalue weighted by Gasteiger charge is -2.30. The molecular formula is C23H40N2O7. The summed E-state index contributed by atoms with van der Waals surface area (Å²) in [5.41, 5.74) is -0.710. The number of nitrogens with one attached hydrogen (secondary N) is 2. The maximum Gasteiger partial charge on any atom is 0.407 e. The van der Waals surface area contributed by atoms with Crippen LogP contribution in [0.5, 0.6) is 0 Å². The molecule has 2 amide bonds. The number of carbonyl (C=O) groups is 4. The first-order valence-corrected chi connectivity index (χ1v) is 11.5. The Hall–Kier alpha value is -2.32. The maximum atomic E-state index is 13.3. The molecule has 0 spiro atoms. The predicted octanol–water partition coefficient (Wildman–Crippen LogP) is 2.95. The van der Waals surface area contributed by atoms with Crippen LogP contribution in [0, 0.1) is 17.8 Å². The summed E-state index contributed by atoms with van der Waals surface area (Å²) < 4.78 is 15.7. The normalized spacial score (nSPS) is 24.3. The minimum atomic E-state index is -0.821. The summed E-state index contributed by atoms with van der Waals surface area (Å²) in [5.74, 6) is -2.65. The zero-order chi connectivity index (χ0) is 24.3. The highest BCUT2D eigenvalue weighted by Gasteiger charge is 2.38. The van der Waals surface area contributed by atoms with Crippen molar-refractivity contribution in [2.75, 3.05) is 20.3 Å². The van der Waals surface area contributed by atoms with Crippen LogP contribution in [0.1, 0.15) is 73.1 Å². The van der Waals surface area contributed by atoms with Crippen molar-refractivity contribution in [1.29, 1.82) is 0 Å². The van der Waals surface area contributed by atoms with Gasteiger partial charge in [0.25, 0.3) is 0 Å². The van der Waals surface area contributed by atoms with Crippen molar-refractivity contribution in [3.8, 4) is 0 Å². The number of rotatable bonds is 4. The molecule has 9 nitrogen and oxygen atoms in total. The van der Waals surface area contributed by atoms with E-state index in [2.05, 4.69) is 10.6 Å². The molecule has 0 radical (unpaired) electrons. The number of amides is 2. The third-order valence-corrected chi connectivity index (χ3v) is 5.14. The quantitative estimate of drug-likeness (QED) is 0.493. The average molecular weight is 457 g/mol. The first-order chi connectivity index (χ1) is 14.9. The molecule has 1 heterocycles. The van der Waals surface area contributed by atoms with Crippen LogP contribution in [0.15, 0.2) is 0 Å². The SMILES string of the molecule is COC(=O)[C@@H]1CCCCNC(=O)OCCC[C@H](C(=O)OC(C)(C)C)[C@@H](CC(C)C)C(=O)N1. The Bertz CT molecular complexity index is 643. The van der Waals surface area contributed by atoms with Crippen LogP contribution >= 0.6 is 0 Å². The number of alkyl carbamates (subject to hydrolysis) is 1. The third kappa shape index (κ3) is 10.3. The fraction of sp³-hybridized carbons (Fsp3) is 0.826. The van der Waals surface area contributed by atoms with Gasteiger partial charge in [0.15, 0.2) is 0 Å². The number of ether oxygens (including phenoxy) is 3. The van der Waals surface area contributed by atoms with Crippen LogP contribution in [0.25, 0.3) is 0 Å². The number of esters is 2. The van der Waals surface area contributed by atoms with Gasteiger partial charge in [-0.25, -0.2) is 9.59 Å². The molecule has 2 N–H and O–H groups in total. The molecule has 9 heteroatoms. The highest BCUT2D eigenvalue weighted by Crippen LogP contribution is 2.28. The van der Waals surface area contributed by atoms with E-state index in [0.717, 1.165) is 0 Å². The molecule has 1 aliphatic rings. The van der Waals surface area contributed by atoms with E-state index in [4.69, 9.17) is 14.2 Å². The van der Waals surface area contributed by atoms with Crippen LogP contribution in [-0.2, 0) is 28.6 Å². The Labute approximate surface area is 191 Å². The molecule has 32 heavy (non-hydrogen) atoms. The van der Waals surface area contributed by atoms with Gasteiger partial charge in [0.2, 0.25) is 5.91 Å². The summed E-state index contributed by atoms with van der Waals surface area (Å²) in [5, 5.41) is 5.47. The third-order valence-electron chi connectivity index (χ3n) is 5.14. The number of cyclic esters (lactones) is 1. The predicted molar refractivity (Wildman–Crippen MR) is 119 cm³/mol. The molecule has 1 rings (SSSR count). The summed E-state index contributed by atoms with van der Waals surface area (Å²) in [7, 11) is 1.27. The summed E-state index contributed by atoms with van der Waals surface area (Å²) in [6, 6.07) is -0.821. The fourth-order valence-corrected chi connectivity index (χ4v) is 3.68. The molecule has 1 fully saturated rings. The molecule has 0 saturated carbocycles. The minimum Gasteiger partial charge on any atom is -0.467 e. The van der Waals surface area contributed by atoms with Gasteiger partial charge in [-0.3, -0.25) is 9.59 Å². The molecule has 3 atom stereocenters. The highest BCUT2D eigenvalue weighted by atomic mass is 16.6. The molecule has 184 valence electrons. The molecule has 0 aromatic heterocycles. The van der Waals surface area contributed by atoms with Gasteiger partial charge in [-0.2, -0.15) is 0 Å². The molecule has 0 aromatic carbocycles. The summed E-state index contributed by atoms with van der Waals surface area (Å²) >= 11 is 0. The van der Waals surface area contributed by atoms with Crippen molar-refractivity contribution < 1.29 is 33.4 Å². The lowest BCUT2D eigenvalue weighted by molar-refractivity contribution is -0.164. The second kappa shape index (κ2) is 13.3. The lowest BCUT2D eigenvalue weighted by atomic mass is 9.81. The van der Waals surface area contributed by atoms with Gasteiger partial charge in [0, 0.05) is 6.54 Å². The first kappa shape index (κ1) is 27.7. The van der Waals surface area contributed by atoms with E-state index in [0.29, 0.717) is 45.1 Å². The van der Waals surface area contributed by atoms with Crippen LogP contribution in [0.2, 0.25) is 0 Å². The Morgan fingerprint density at radius 1 is 1.09 bits per heavy atom. The summed E-state index contributed by atoms with van der Waals surface area (Å²) in [4.78, 5) is 50.5. The van der Waals surface area contributed by atoms with Gasteiger partial charge >= 0.3 is 18.0 Å². The lowest BCUT2D eigenvalue weighted by Crippen LogP contribution is -2.47. The van der Waals surface area contributed by atoms with E-state index >= 15 is 0 Å². The van der Waals surface area contributed by atoms with Gasteiger partial charge in [0.1, 0.15) is 11.6 Å². The van der Waals surface area contributed by atoms with Gasteiger partial charge < -0.3 is 24.8 Å². The summed E-state index contributed by atoms with van der Waals surface area (Å²) in [6.45, 7) is 9.80. The van der Waals surface area contributed by atoms with Crippen molar-refractivity contribution in [3.63, 3.8) is 0 Å². The second-order valence-corrected chi connectivity index (χ2v) is 9.66. The number of hydrogen-bond donors (Lipinski definition) is 2. The smallest absolute Gasteiger partial charge is 0.407 e. The Kier molecular flexibility index (Phi) is 11.5. The Morgan fingerprint density at radius 2 is 1.78 bits per heavy atom. The van der Waals surface area contributed by atoms with Crippen LogP contribution in [0.4, 0.5) is 4.79 Å². The van der Waals surface area contributed by atoms with E-state index in [9.17, 15) is 19.2 Å². The van der Waals surface area contributed by atoms with Crippen LogP contribution in [0.3, 0.4) is 0 Å². The Balaban J connectivity index is 3.22. The summed E-state index contributed by atoms with van der Waals surface area (Å²) in [6.07, 6.45) is 2.21. The van der Waals surface area contributed by atoms with E-state index in [1.54, 1.807) is 20.8 Å². The average Bonchev–Trinajstić information content (AvgIpc) is 2.68. The molecule has 0 bridgehead atoms. The molecular weight excluding hydrogens is 416 g/mol. The Morgan fingerprint density at radius 3 is 2.38 bits per heavy atom. The monoisotopic (exact) mass is 456 g/mol. The first-order valence-electron chi connectivity index (χ1n) is 11.5. The molecule has 1 aliphatic heterocycles. The van der Waals surface area contributed by atoms with E-state index < -0.39 is 41.5 Å². The van der Waals surface area contributed by atoms with Gasteiger partial charge in [0.05, 0.1) is 25.6 Å². The molecule has 0 aliphatic carbocycles. The number of methoxy groups -OCH3 is 1. The molecule has 0 unspecified atom stereocenters. The number of hydrogen-bond acceptors (Lipinski definition) is 7. The highest BCUT2D eigenvalue weighted by molar-refractivity contribution is 5.89. The van der Waals surface area contributed by atoms with Crippen molar-refractivity contribution >= 4 is 23.9 Å². The fourth-order valence-electron chi connectivity index (χ4n) is 3.68. The van der Waals surface area contributed by atoms with E-state index in [1.165, 1.54) is 7.11 Å². The number of carbonyl (C=O) groups excluding carboxylic acids is 4. The van der Waals surface area contributed by atoms with Crippen LogP contribution in [-0.4, -0.2) is 55.8 Å². The van der Waals surface area contributed by atoms with E-state index in [1.807, 2.05) is 13.8 Å². The molecule has 0 aromatic rings.